The van der Waals surface area contributed by atoms with E-state index in [0.717, 1.165) is 6.42 Å². The molecule has 0 aromatic heterocycles. The summed E-state index contributed by atoms with van der Waals surface area (Å²) in [5.74, 6) is -0.258. The third-order valence-electron chi connectivity index (χ3n) is 2.78. The first-order valence-corrected chi connectivity index (χ1v) is 8.62. The number of halogens is 2. The Morgan fingerprint density at radius 3 is 2.52 bits per heavy atom. The van der Waals surface area contributed by atoms with Crippen LogP contribution in [0.25, 0.3) is 0 Å². The summed E-state index contributed by atoms with van der Waals surface area (Å²) in [7, 11) is -2.25. The van der Waals surface area contributed by atoms with E-state index in [2.05, 4.69) is 9.46 Å². The number of methoxy groups -OCH3 is 1. The Hall–Kier alpha value is -0.820. The molecular weight excluding hydrogens is 337 g/mol. The molecule has 0 aliphatic heterocycles. The molecule has 8 heteroatoms. The molecule has 21 heavy (non-hydrogen) atoms. The Labute approximate surface area is 134 Å². The largest absolute Gasteiger partial charge is 0.469 e. The van der Waals surface area contributed by atoms with Crippen molar-refractivity contribution in [3.05, 3.63) is 28.2 Å². The highest BCUT2D eigenvalue weighted by Crippen LogP contribution is 2.24. The molecule has 118 valence electrons. The number of carbonyl (C=O) groups is 1. The molecule has 1 N–H and O–H groups in total. The molecule has 0 saturated heterocycles. The molecule has 0 heterocycles. The van der Waals surface area contributed by atoms with E-state index in [1.54, 1.807) is 0 Å². The number of hydrogen-bond donors (Lipinski definition) is 1. The van der Waals surface area contributed by atoms with Gasteiger partial charge in [0.2, 0.25) is 10.0 Å². The summed E-state index contributed by atoms with van der Waals surface area (Å²) >= 11 is 11.5. The molecule has 0 fully saturated rings. The molecule has 1 aromatic carbocycles. The highest BCUT2D eigenvalue weighted by molar-refractivity contribution is 7.89. The Balaban J connectivity index is 2.40. The van der Waals surface area contributed by atoms with Gasteiger partial charge in [-0.1, -0.05) is 29.6 Å². The van der Waals surface area contributed by atoms with Gasteiger partial charge in [0.25, 0.3) is 0 Å². The van der Waals surface area contributed by atoms with Gasteiger partial charge in [-0.15, -0.1) is 0 Å². The van der Waals surface area contributed by atoms with E-state index >= 15 is 0 Å². The minimum absolute atomic E-state index is 0.0754. The van der Waals surface area contributed by atoms with Gasteiger partial charge in [-0.2, -0.15) is 0 Å². The molecule has 0 spiro atoms. The maximum atomic E-state index is 12.0. The fourth-order valence-corrected chi connectivity index (χ4v) is 3.07. The van der Waals surface area contributed by atoms with Gasteiger partial charge in [0.1, 0.15) is 0 Å². The maximum Gasteiger partial charge on any atom is 0.305 e. The zero-order valence-corrected chi connectivity index (χ0v) is 13.9. The number of ether oxygens (including phenoxy) is 1. The van der Waals surface area contributed by atoms with E-state index in [-0.39, 0.29) is 15.9 Å². The van der Waals surface area contributed by atoms with Gasteiger partial charge in [0.15, 0.2) is 0 Å². The Morgan fingerprint density at radius 1 is 1.19 bits per heavy atom. The lowest BCUT2D eigenvalue weighted by molar-refractivity contribution is -0.140. The lowest BCUT2D eigenvalue weighted by atomic mass is 10.2. The second-order valence-electron chi connectivity index (χ2n) is 4.36. The first-order valence-electron chi connectivity index (χ1n) is 6.38. The fourth-order valence-electron chi connectivity index (χ4n) is 1.61. The van der Waals surface area contributed by atoms with Crippen LogP contribution in [0.15, 0.2) is 23.1 Å². The first kappa shape index (κ1) is 18.2. The summed E-state index contributed by atoms with van der Waals surface area (Å²) < 4.78 is 31.0. The van der Waals surface area contributed by atoms with Gasteiger partial charge in [-0.3, -0.25) is 4.79 Å². The van der Waals surface area contributed by atoms with Crippen LogP contribution < -0.4 is 4.72 Å². The van der Waals surface area contributed by atoms with Gasteiger partial charge in [-0.05, 0) is 31.0 Å². The second-order valence-corrected chi connectivity index (χ2v) is 6.94. The van der Waals surface area contributed by atoms with Gasteiger partial charge >= 0.3 is 5.97 Å². The zero-order chi connectivity index (χ0) is 15.9. The number of sulfonamides is 1. The predicted octanol–water partition coefficient (Wildman–Crippen LogP) is 3.01. The van der Waals surface area contributed by atoms with Gasteiger partial charge in [0.05, 0.1) is 22.1 Å². The number of benzene rings is 1. The minimum Gasteiger partial charge on any atom is -0.469 e. The number of hydrogen-bond acceptors (Lipinski definition) is 4. The third kappa shape index (κ3) is 6.22. The van der Waals surface area contributed by atoms with Crippen molar-refractivity contribution >= 4 is 39.2 Å². The minimum atomic E-state index is -3.59. The molecule has 0 aliphatic carbocycles. The Morgan fingerprint density at radius 2 is 1.90 bits per heavy atom. The normalized spacial score (nSPS) is 11.4. The number of unbranched alkanes of at least 4 members (excludes halogenated alkanes) is 2. The maximum absolute atomic E-state index is 12.0. The quantitative estimate of drug-likeness (QED) is 0.575. The Bertz CT molecular complexity index is 590. The van der Waals surface area contributed by atoms with Crippen molar-refractivity contribution in [2.45, 2.75) is 30.6 Å². The van der Waals surface area contributed by atoms with Crippen LogP contribution in [0.3, 0.4) is 0 Å². The third-order valence-corrected chi connectivity index (χ3v) is 4.98. The lowest BCUT2D eigenvalue weighted by Crippen LogP contribution is -2.24. The first-order chi connectivity index (χ1) is 9.86. The van der Waals surface area contributed by atoms with Gasteiger partial charge < -0.3 is 4.74 Å². The smallest absolute Gasteiger partial charge is 0.305 e. The number of esters is 1. The SMILES string of the molecule is COC(=O)CCCCCNS(=O)(=O)c1ccc(Cl)c(Cl)c1. The van der Waals surface area contributed by atoms with Crippen molar-refractivity contribution in [3.8, 4) is 0 Å². The molecule has 1 rings (SSSR count). The molecule has 1 aromatic rings. The highest BCUT2D eigenvalue weighted by Gasteiger charge is 2.14. The molecule has 5 nitrogen and oxygen atoms in total. The van der Waals surface area contributed by atoms with E-state index < -0.39 is 10.0 Å². The average Bonchev–Trinajstić information content (AvgIpc) is 2.45. The van der Waals surface area contributed by atoms with Crippen LogP contribution in [0.2, 0.25) is 10.0 Å². The van der Waals surface area contributed by atoms with Crippen molar-refractivity contribution in [1.29, 1.82) is 0 Å². The van der Waals surface area contributed by atoms with E-state index in [1.807, 2.05) is 0 Å². The summed E-state index contributed by atoms with van der Waals surface area (Å²) in [6, 6.07) is 4.14. The number of nitrogens with one attached hydrogen (secondary N) is 1. The molecular formula is C13H17Cl2NO4S. The highest BCUT2D eigenvalue weighted by atomic mass is 35.5. The standard InChI is InChI=1S/C13H17Cl2NO4S/c1-20-13(17)5-3-2-4-8-16-21(18,19)10-6-7-11(14)12(15)9-10/h6-7,9,16H,2-5,8H2,1H3. The van der Waals surface area contributed by atoms with Crippen molar-refractivity contribution in [2.75, 3.05) is 13.7 Å². The van der Waals surface area contributed by atoms with Crippen LogP contribution in [0.4, 0.5) is 0 Å². The van der Waals surface area contributed by atoms with Crippen LogP contribution >= 0.6 is 23.2 Å². The summed E-state index contributed by atoms with van der Waals surface area (Å²) in [6.07, 6.45) is 2.38. The van der Waals surface area contributed by atoms with Crippen LogP contribution in [0, 0.1) is 0 Å². The number of carbonyl (C=O) groups excluding carboxylic acids is 1. The topological polar surface area (TPSA) is 72.5 Å². The van der Waals surface area contributed by atoms with E-state index in [1.165, 1.54) is 25.3 Å². The molecule has 0 bridgehead atoms. The summed E-state index contributed by atoms with van der Waals surface area (Å²) in [5, 5.41) is 0.496. The summed E-state index contributed by atoms with van der Waals surface area (Å²) in [5.41, 5.74) is 0. The van der Waals surface area contributed by atoms with Crippen LogP contribution in [-0.4, -0.2) is 28.0 Å². The van der Waals surface area contributed by atoms with Crippen LogP contribution in [0.1, 0.15) is 25.7 Å². The lowest BCUT2D eigenvalue weighted by Gasteiger charge is -2.07. The predicted molar refractivity (Wildman–Crippen MR) is 82.1 cm³/mol. The van der Waals surface area contributed by atoms with Gasteiger partial charge in [0, 0.05) is 13.0 Å². The second kappa shape index (κ2) is 8.58. The average molecular weight is 354 g/mol. The van der Waals surface area contributed by atoms with Crippen LogP contribution in [-0.2, 0) is 19.6 Å². The zero-order valence-electron chi connectivity index (χ0n) is 11.6. The van der Waals surface area contributed by atoms with Crippen molar-refractivity contribution < 1.29 is 17.9 Å². The Kier molecular flexibility index (Phi) is 7.45. The van der Waals surface area contributed by atoms with Gasteiger partial charge in [-0.25, -0.2) is 13.1 Å². The molecule has 0 aliphatic rings. The van der Waals surface area contributed by atoms with Crippen LogP contribution in [0.5, 0.6) is 0 Å². The monoisotopic (exact) mass is 353 g/mol. The molecule has 0 saturated carbocycles. The van der Waals surface area contributed by atoms with Crippen molar-refractivity contribution in [1.82, 2.24) is 4.72 Å². The van der Waals surface area contributed by atoms with E-state index in [0.29, 0.717) is 30.8 Å². The molecule has 0 radical (unpaired) electrons. The summed E-state index contributed by atoms with van der Waals surface area (Å²) in [4.78, 5) is 11.0. The molecule has 0 amide bonds. The van der Waals surface area contributed by atoms with E-state index in [4.69, 9.17) is 23.2 Å². The molecule has 0 unspecified atom stereocenters. The number of rotatable bonds is 8. The van der Waals surface area contributed by atoms with Crippen molar-refractivity contribution in [2.24, 2.45) is 0 Å². The fraction of sp³-hybridized carbons (Fsp3) is 0.462. The van der Waals surface area contributed by atoms with E-state index in [9.17, 15) is 13.2 Å². The van der Waals surface area contributed by atoms with Crippen molar-refractivity contribution in [3.63, 3.8) is 0 Å². The molecule has 0 atom stereocenters. The summed E-state index contributed by atoms with van der Waals surface area (Å²) in [6.45, 7) is 0.295.